The summed E-state index contributed by atoms with van der Waals surface area (Å²) in [7, 11) is 0. The fourth-order valence-electron chi connectivity index (χ4n) is 2.62. The van der Waals surface area contributed by atoms with Crippen LogP contribution in [-0.2, 0) is 4.74 Å². The zero-order chi connectivity index (χ0) is 17.6. The van der Waals surface area contributed by atoms with Gasteiger partial charge >= 0.3 is 12.6 Å². The van der Waals surface area contributed by atoms with E-state index in [1.54, 1.807) is 19.1 Å². The zero-order valence-corrected chi connectivity index (χ0v) is 13.5. The maximum absolute atomic E-state index is 12.5. The summed E-state index contributed by atoms with van der Waals surface area (Å²) in [5.41, 5.74) is 0.385. The molecule has 1 aromatic carbocycles. The Morgan fingerprint density at radius 3 is 2.75 bits per heavy atom. The van der Waals surface area contributed by atoms with Gasteiger partial charge < -0.3 is 25.2 Å². The highest BCUT2D eigenvalue weighted by molar-refractivity contribution is 5.91. The molecule has 0 radical (unpaired) electrons. The van der Waals surface area contributed by atoms with Crippen molar-refractivity contribution in [3.63, 3.8) is 0 Å². The van der Waals surface area contributed by atoms with E-state index in [0.29, 0.717) is 31.6 Å². The number of alkyl halides is 2. The van der Waals surface area contributed by atoms with Gasteiger partial charge in [-0.2, -0.15) is 8.78 Å². The first-order valence-corrected chi connectivity index (χ1v) is 7.74. The smallest absolute Gasteiger partial charge is 0.387 e. The molecule has 0 spiro atoms. The number of benzene rings is 1. The Balaban J connectivity index is 1.99. The van der Waals surface area contributed by atoms with E-state index in [1.807, 2.05) is 0 Å². The van der Waals surface area contributed by atoms with Crippen LogP contribution in [0.25, 0.3) is 0 Å². The normalized spacial score (nSPS) is 16.7. The molecule has 1 heterocycles. The Bertz CT molecular complexity index is 563. The van der Waals surface area contributed by atoms with Gasteiger partial charge in [-0.25, -0.2) is 4.79 Å². The molecule has 24 heavy (non-hydrogen) atoms. The van der Waals surface area contributed by atoms with Crippen molar-refractivity contribution in [1.29, 1.82) is 0 Å². The molecule has 134 valence electrons. The van der Waals surface area contributed by atoms with Gasteiger partial charge in [0.25, 0.3) is 0 Å². The Morgan fingerprint density at radius 1 is 1.42 bits per heavy atom. The molecule has 1 aromatic rings. The van der Waals surface area contributed by atoms with Crippen molar-refractivity contribution in [3.05, 3.63) is 23.8 Å². The molecule has 0 unspecified atom stereocenters. The van der Waals surface area contributed by atoms with E-state index in [1.165, 1.54) is 6.07 Å². The molecule has 1 saturated heterocycles. The summed E-state index contributed by atoms with van der Waals surface area (Å²) in [6, 6.07) is 4.07. The number of carbonyl (C=O) groups excluding carboxylic acids is 1. The summed E-state index contributed by atoms with van der Waals surface area (Å²) in [6.07, 6.45) is 1.29. The second-order valence-electron chi connectivity index (χ2n) is 5.90. The molecule has 1 fully saturated rings. The molecule has 8 heteroatoms. The van der Waals surface area contributed by atoms with Gasteiger partial charge in [0.15, 0.2) is 0 Å². The molecular weight excluding hydrogens is 322 g/mol. The number of hydrogen-bond donors (Lipinski definition) is 3. The minimum Gasteiger partial charge on any atom is -0.433 e. The second kappa shape index (κ2) is 8.25. The van der Waals surface area contributed by atoms with E-state index in [-0.39, 0.29) is 24.6 Å². The van der Waals surface area contributed by atoms with Crippen molar-refractivity contribution in [2.75, 3.05) is 31.7 Å². The van der Waals surface area contributed by atoms with Crippen LogP contribution in [0, 0.1) is 12.3 Å². The number of carbonyl (C=O) groups is 1. The van der Waals surface area contributed by atoms with Crippen LogP contribution in [0.4, 0.5) is 19.3 Å². The number of aliphatic hydroxyl groups is 1. The number of para-hydroxylation sites is 1. The number of aryl methyl sites for hydroxylation is 1. The predicted octanol–water partition coefficient (Wildman–Crippen LogP) is 2.51. The second-order valence-corrected chi connectivity index (χ2v) is 5.90. The molecule has 3 N–H and O–H groups in total. The number of aliphatic hydroxyl groups excluding tert-OH is 1. The lowest BCUT2D eigenvalue weighted by Gasteiger charge is -2.35. The van der Waals surface area contributed by atoms with Crippen molar-refractivity contribution in [1.82, 2.24) is 5.32 Å². The van der Waals surface area contributed by atoms with Crippen LogP contribution in [-0.4, -0.2) is 44.1 Å². The summed E-state index contributed by atoms with van der Waals surface area (Å²) >= 11 is 0. The first kappa shape index (κ1) is 18.4. The Labute approximate surface area is 139 Å². The van der Waals surface area contributed by atoms with Crippen molar-refractivity contribution in [2.24, 2.45) is 5.41 Å². The minimum atomic E-state index is -2.98. The number of rotatable bonds is 6. The predicted molar refractivity (Wildman–Crippen MR) is 84.4 cm³/mol. The Kier molecular flexibility index (Phi) is 6.33. The highest BCUT2D eigenvalue weighted by Crippen LogP contribution is 2.30. The van der Waals surface area contributed by atoms with Gasteiger partial charge in [0.05, 0.1) is 12.3 Å². The van der Waals surface area contributed by atoms with Crippen LogP contribution in [0.5, 0.6) is 5.75 Å². The van der Waals surface area contributed by atoms with Crippen LogP contribution >= 0.6 is 0 Å². The SMILES string of the molecule is Cc1cccc(OC(F)F)c1NC(=O)NCC1(CO)CCOCC1. The third-order valence-corrected chi connectivity index (χ3v) is 4.20. The van der Waals surface area contributed by atoms with E-state index >= 15 is 0 Å². The van der Waals surface area contributed by atoms with Crippen LogP contribution < -0.4 is 15.4 Å². The number of halogens is 2. The van der Waals surface area contributed by atoms with E-state index in [0.717, 1.165) is 0 Å². The van der Waals surface area contributed by atoms with Crippen LogP contribution in [0.15, 0.2) is 18.2 Å². The molecule has 1 aliphatic heterocycles. The summed E-state index contributed by atoms with van der Waals surface area (Å²) < 4.78 is 34.6. The van der Waals surface area contributed by atoms with Gasteiger partial charge in [0, 0.05) is 25.2 Å². The number of urea groups is 1. The van der Waals surface area contributed by atoms with Gasteiger partial charge in [0.1, 0.15) is 5.75 Å². The van der Waals surface area contributed by atoms with E-state index in [9.17, 15) is 18.7 Å². The van der Waals surface area contributed by atoms with Gasteiger partial charge in [-0.05, 0) is 31.4 Å². The van der Waals surface area contributed by atoms with E-state index in [4.69, 9.17) is 4.74 Å². The fraction of sp³-hybridized carbons (Fsp3) is 0.562. The summed E-state index contributed by atoms with van der Waals surface area (Å²) in [4.78, 5) is 12.1. The van der Waals surface area contributed by atoms with Gasteiger partial charge in [-0.15, -0.1) is 0 Å². The molecular formula is C16H22F2N2O4. The van der Waals surface area contributed by atoms with Crippen molar-refractivity contribution >= 4 is 11.7 Å². The first-order chi connectivity index (χ1) is 11.5. The standard InChI is InChI=1S/C16H22F2N2O4/c1-11-3-2-4-12(24-14(17)18)13(11)20-15(22)19-9-16(10-21)5-7-23-8-6-16/h2-4,14,21H,5-10H2,1H3,(H2,19,20,22). The largest absolute Gasteiger partial charge is 0.433 e. The van der Waals surface area contributed by atoms with E-state index < -0.39 is 18.1 Å². The lowest BCUT2D eigenvalue weighted by Crippen LogP contribution is -2.45. The summed E-state index contributed by atoms with van der Waals surface area (Å²) in [5.74, 6) is -0.0944. The number of ether oxygens (including phenoxy) is 2. The van der Waals surface area contributed by atoms with Crippen molar-refractivity contribution in [3.8, 4) is 5.75 Å². The topological polar surface area (TPSA) is 79.8 Å². The molecule has 0 saturated carbocycles. The highest BCUT2D eigenvalue weighted by atomic mass is 19.3. The minimum absolute atomic E-state index is 0.0548. The highest BCUT2D eigenvalue weighted by Gasteiger charge is 2.32. The molecule has 0 bridgehead atoms. The monoisotopic (exact) mass is 344 g/mol. The number of amides is 2. The van der Waals surface area contributed by atoms with Gasteiger partial charge in [0.2, 0.25) is 0 Å². The summed E-state index contributed by atoms with van der Waals surface area (Å²) in [5, 5.41) is 14.8. The third kappa shape index (κ3) is 4.78. The molecule has 0 aromatic heterocycles. The number of nitrogens with one attached hydrogen (secondary N) is 2. The summed E-state index contributed by atoms with van der Waals surface area (Å²) in [6.45, 7) is -0.00429. The van der Waals surface area contributed by atoms with Crippen molar-refractivity contribution in [2.45, 2.75) is 26.4 Å². The Hall–Kier alpha value is -1.93. The number of hydrogen-bond acceptors (Lipinski definition) is 4. The van der Waals surface area contributed by atoms with Crippen molar-refractivity contribution < 1.29 is 28.2 Å². The van der Waals surface area contributed by atoms with Crippen LogP contribution in [0.2, 0.25) is 0 Å². The average Bonchev–Trinajstić information content (AvgIpc) is 2.56. The molecule has 2 amide bonds. The molecule has 1 aliphatic rings. The molecule has 6 nitrogen and oxygen atoms in total. The van der Waals surface area contributed by atoms with E-state index in [2.05, 4.69) is 15.4 Å². The third-order valence-electron chi connectivity index (χ3n) is 4.20. The molecule has 0 atom stereocenters. The number of anilines is 1. The molecule has 0 aliphatic carbocycles. The van der Waals surface area contributed by atoms with Gasteiger partial charge in [-0.3, -0.25) is 0 Å². The van der Waals surface area contributed by atoms with Crippen LogP contribution in [0.1, 0.15) is 18.4 Å². The lowest BCUT2D eigenvalue weighted by atomic mass is 9.81. The fourth-order valence-corrected chi connectivity index (χ4v) is 2.62. The maximum atomic E-state index is 12.5. The lowest BCUT2D eigenvalue weighted by molar-refractivity contribution is -0.0493. The average molecular weight is 344 g/mol. The quantitative estimate of drug-likeness (QED) is 0.741. The maximum Gasteiger partial charge on any atom is 0.387 e. The molecule has 2 rings (SSSR count). The zero-order valence-electron chi connectivity index (χ0n) is 13.5. The first-order valence-electron chi connectivity index (χ1n) is 7.74. The Morgan fingerprint density at radius 2 is 2.12 bits per heavy atom. The van der Waals surface area contributed by atoms with Crippen LogP contribution in [0.3, 0.4) is 0 Å². The van der Waals surface area contributed by atoms with Gasteiger partial charge in [-0.1, -0.05) is 12.1 Å².